The van der Waals surface area contributed by atoms with E-state index in [9.17, 15) is 4.79 Å². The molecule has 0 spiro atoms. The van der Waals surface area contributed by atoms with Gasteiger partial charge >= 0.3 is 0 Å². The predicted molar refractivity (Wildman–Crippen MR) is 82.1 cm³/mol. The number of carbonyl (C=O) groups excluding carboxylic acids is 1. The molecule has 0 aromatic carbocycles. The Morgan fingerprint density at radius 1 is 1.25 bits per heavy atom. The molecule has 0 aliphatic carbocycles. The van der Waals surface area contributed by atoms with E-state index < -0.39 is 0 Å². The Hall–Kier alpha value is -0.360. The Morgan fingerprint density at radius 2 is 1.90 bits per heavy atom. The van der Waals surface area contributed by atoms with Gasteiger partial charge in [0.2, 0.25) is 5.91 Å². The summed E-state index contributed by atoms with van der Waals surface area (Å²) < 4.78 is 5.67. The zero-order valence-electron chi connectivity index (χ0n) is 12.6. The van der Waals surface area contributed by atoms with Gasteiger partial charge in [-0.1, -0.05) is 0 Å². The summed E-state index contributed by atoms with van der Waals surface area (Å²) in [4.78, 5) is 16.6. The normalized spacial score (nSPS) is 31.8. The summed E-state index contributed by atoms with van der Waals surface area (Å²) in [6, 6.07) is 0. The van der Waals surface area contributed by atoms with Crippen LogP contribution in [0.1, 0.15) is 26.7 Å². The molecule has 2 rings (SSSR count). The topological polar surface area (TPSA) is 58.8 Å². The van der Waals surface area contributed by atoms with Gasteiger partial charge in [0.15, 0.2) is 0 Å². The van der Waals surface area contributed by atoms with E-state index in [0.717, 1.165) is 39.1 Å². The number of nitrogens with two attached hydrogens (primary N) is 1. The maximum Gasteiger partial charge on any atom is 0.236 e. The lowest BCUT2D eigenvalue weighted by molar-refractivity contribution is -0.144. The third kappa shape index (κ3) is 4.88. The van der Waals surface area contributed by atoms with Crippen LogP contribution >= 0.6 is 12.4 Å². The lowest BCUT2D eigenvalue weighted by Gasteiger charge is -2.38. The van der Waals surface area contributed by atoms with Crippen molar-refractivity contribution in [1.82, 2.24) is 9.80 Å². The van der Waals surface area contributed by atoms with Crippen LogP contribution in [0.2, 0.25) is 0 Å². The first-order valence-electron chi connectivity index (χ1n) is 7.44. The summed E-state index contributed by atoms with van der Waals surface area (Å²) in [5.41, 5.74) is 5.74. The highest BCUT2D eigenvalue weighted by Crippen LogP contribution is 2.16. The fourth-order valence-corrected chi connectivity index (χ4v) is 3.16. The van der Waals surface area contributed by atoms with Crippen molar-refractivity contribution in [2.24, 2.45) is 11.7 Å². The maximum absolute atomic E-state index is 12.3. The fourth-order valence-electron chi connectivity index (χ4n) is 3.16. The van der Waals surface area contributed by atoms with Crippen LogP contribution in [0.25, 0.3) is 0 Å². The first-order chi connectivity index (χ1) is 9.08. The Labute approximate surface area is 128 Å². The molecule has 2 saturated heterocycles. The van der Waals surface area contributed by atoms with Crippen LogP contribution in [-0.4, -0.2) is 67.2 Å². The average molecular weight is 306 g/mol. The number of piperidine rings is 1. The summed E-state index contributed by atoms with van der Waals surface area (Å²) in [6.45, 7) is 8.76. The van der Waals surface area contributed by atoms with E-state index in [1.54, 1.807) is 0 Å². The molecule has 0 aromatic heterocycles. The van der Waals surface area contributed by atoms with Crippen molar-refractivity contribution < 1.29 is 9.53 Å². The Kier molecular flexibility index (Phi) is 7.23. The maximum atomic E-state index is 12.3. The number of hydrogen-bond acceptors (Lipinski definition) is 4. The van der Waals surface area contributed by atoms with Gasteiger partial charge in [0.05, 0.1) is 18.8 Å². The number of halogens is 1. The van der Waals surface area contributed by atoms with Crippen molar-refractivity contribution in [3.63, 3.8) is 0 Å². The van der Waals surface area contributed by atoms with Crippen LogP contribution in [0.3, 0.4) is 0 Å². The predicted octanol–water partition coefficient (Wildman–Crippen LogP) is 0.715. The van der Waals surface area contributed by atoms with Gasteiger partial charge in [-0.2, -0.15) is 0 Å². The molecule has 20 heavy (non-hydrogen) atoms. The lowest BCUT2D eigenvalue weighted by atomic mass is 9.98. The van der Waals surface area contributed by atoms with Gasteiger partial charge in [0.25, 0.3) is 0 Å². The molecular weight excluding hydrogens is 278 g/mol. The number of morpholine rings is 1. The van der Waals surface area contributed by atoms with Crippen molar-refractivity contribution in [3.8, 4) is 0 Å². The molecule has 0 bridgehead atoms. The van der Waals surface area contributed by atoms with E-state index in [4.69, 9.17) is 10.5 Å². The first-order valence-corrected chi connectivity index (χ1v) is 7.44. The number of hydrogen-bond donors (Lipinski definition) is 1. The number of likely N-dealkylation sites (tertiary alicyclic amines) is 1. The van der Waals surface area contributed by atoms with E-state index in [1.807, 2.05) is 18.7 Å². The SMILES string of the molecule is CC1CN(C(=O)CN2CCCC(CN)C2)CC(C)O1.Cl. The molecule has 2 aliphatic rings. The first kappa shape index (κ1) is 17.7. The molecule has 3 atom stereocenters. The minimum Gasteiger partial charge on any atom is -0.372 e. The molecule has 6 heteroatoms. The lowest BCUT2D eigenvalue weighted by Crippen LogP contribution is -2.52. The second-order valence-electron chi connectivity index (χ2n) is 6.04. The van der Waals surface area contributed by atoms with Crippen LogP contribution in [0.15, 0.2) is 0 Å². The number of amides is 1. The van der Waals surface area contributed by atoms with E-state index >= 15 is 0 Å². The molecule has 0 saturated carbocycles. The summed E-state index contributed by atoms with van der Waals surface area (Å²) in [6.07, 6.45) is 2.65. The summed E-state index contributed by atoms with van der Waals surface area (Å²) in [5, 5.41) is 0. The van der Waals surface area contributed by atoms with Crippen LogP contribution in [0.4, 0.5) is 0 Å². The zero-order chi connectivity index (χ0) is 13.8. The van der Waals surface area contributed by atoms with Gasteiger partial charge in [0.1, 0.15) is 0 Å². The zero-order valence-corrected chi connectivity index (χ0v) is 13.4. The van der Waals surface area contributed by atoms with E-state index in [1.165, 1.54) is 6.42 Å². The quantitative estimate of drug-likeness (QED) is 0.834. The molecule has 0 radical (unpaired) electrons. The third-order valence-electron chi connectivity index (χ3n) is 4.07. The molecule has 2 N–H and O–H groups in total. The highest BCUT2D eigenvalue weighted by molar-refractivity contribution is 5.85. The summed E-state index contributed by atoms with van der Waals surface area (Å²) in [7, 11) is 0. The number of nitrogens with zero attached hydrogens (tertiary/aromatic N) is 2. The second-order valence-corrected chi connectivity index (χ2v) is 6.04. The molecule has 1 amide bonds. The standard InChI is InChI=1S/C14H27N3O2.ClH/c1-11-7-17(8-12(2)19-11)14(18)10-16-5-3-4-13(6-15)9-16;/h11-13H,3-10,15H2,1-2H3;1H. The molecule has 2 fully saturated rings. The monoisotopic (exact) mass is 305 g/mol. The van der Waals surface area contributed by atoms with Gasteiger partial charge in [0, 0.05) is 19.6 Å². The van der Waals surface area contributed by atoms with E-state index in [2.05, 4.69) is 4.90 Å². The van der Waals surface area contributed by atoms with Gasteiger partial charge < -0.3 is 15.4 Å². The third-order valence-corrected chi connectivity index (χ3v) is 4.07. The van der Waals surface area contributed by atoms with Gasteiger partial charge in [-0.3, -0.25) is 9.69 Å². The van der Waals surface area contributed by atoms with Crippen molar-refractivity contribution >= 4 is 18.3 Å². The van der Waals surface area contributed by atoms with E-state index in [-0.39, 0.29) is 30.5 Å². The minimum absolute atomic E-state index is 0. The van der Waals surface area contributed by atoms with E-state index in [0.29, 0.717) is 12.5 Å². The van der Waals surface area contributed by atoms with Crippen LogP contribution in [-0.2, 0) is 9.53 Å². The Balaban J connectivity index is 0.00000200. The molecule has 3 unspecified atom stereocenters. The highest BCUT2D eigenvalue weighted by Gasteiger charge is 2.28. The molecule has 118 valence electrons. The van der Waals surface area contributed by atoms with Crippen molar-refractivity contribution in [2.75, 3.05) is 39.3 Å². The smallest absolute Gasteiger partial charge is 0.236 e. The molecule has 5 nitrogen and oxygen atoms in total. The summed E-state index contributed by atoms with van der Waals surface area (Å²) in [5.74, 6) is 0.795. The molecule has 2 heterocycles. The fraction of sp³-hybridized carbons (Fsp3) is 0.929. The highest BCUT2D eigenvalue weighted by atomic mass is 35.5. The van der Waals surface area contributed by atoms with Crippen molar-refractivity contribution in [1.29, 1.82) is 0 Å². The molecule has 0 aromatic rings. The van der Waals surface area contributed by atoms with Crippen LogP contribution in [0.5, 0.6) is 0 Å². The van der Waals surface area contributed by atoms with Gasteiger partial charge in [-0.15, -0.1) is 12.4 Å². The molecular formula is C14H28ClN3O2. The minimum atomic E-state index is 0. The number of ether oxygens (including phenoxy) is 1. The number of rotatable bonds is 3. The Bertz CT molecular complexity index is 307. The van der Waals surface area contributed by atoms with Gasteiger partial charge in [-0.25, -0.2) is 0 Å². The summed E-state index contributed by atoms with van der Waals surface area (Å²) >= 11 is 0. The largest absolute Gasteiger partial charge is 0.372 e. The second kappa shape index (κ2) is 8.17. The Morgan fingerprint density at radius 3 is 2.50 bits per heavy atom. The molecule has 2 aliphatic heterocycles. The van der Waals surface area contributed by atoms with Crippen LogP contribution < -0.4 is 5.73 Å². The average Bonchev–Trinajstić information content (AvgIpc) is 2.37. The van der Waals surface area contributed by atoms with Crippen molar-refractivity contribution in [3.05, 3.63) is 0 Å². The van der Waals surface area contributed by atoms with Crippen molar-refractivity contribution in [2.45, 2.75) is 38.9 Å². The number of carbonyl (C=O) groups is 1. The van der Waals surface area contributed by atoms with Gasteiger partial charge in [-0.05, 0) is 45.7 Å². The van der Waals surface area contributed by atoms with Crippen LogP contribution in [0, 0.1) is 5.92 Å².